The molecule has 98 valence electrons. The molecule has 0 bridgehead atoms. The molecule has 0 aliphatic heterocycles. The third-order valence-corrected chi connectivity index (χ3v) is 4.59. The third-order valence-electron chi connectivity index (χ3n) is 3.87. The molecule has 3 atom stereocenters. The Balaban J connectivity index is 1.87. The predicted molar refractivity (Wildman–Crippen MR) is 83.5 cm³/mol. The van der Waals surface area contributed by atoms with Crippen LogP contribution in [0.15, 0.2) is 24.3 Å². The molecular weight excluding hydrogens is 337 g/mol. The number of hydrogen-bond acceptors (Lipinski definition) is 1. The molecule has 2 rings (SSSR count). The molecule has 1 aromatic rings. The Morgan fingerprint density at radius 1 is 1.33 bits per heavy atom. The van der Waals surface area contributed by atoms with Crippen LogP contribution in [-0.4, -0.2) is 5.91 Å². The Morgan fingerprint density at radius 3 is 2.61 bits per heavy atom. The second-order valence-corrected chi connectivity index (χ2v) is 6.43. The zero-order valence-electron chi connectivity index (χ0n) is 10.9. The van der Waals surface area contributed by atoms with Crippen LogP contribution in [0.4, 0.5) is 5.69 Å². The number of carbonyl (C=O) groups is 1. The van der Waals surface area contributed by atoms with Gasteiger partial charge in [-0.15, -0.1) is 0 Å². The maximum absolute atomic E-state index is 12.1. The second kappa shape index (κ2) is 6.04. The minimum atomic E-state index is 0.199. The monoisotopic (exact) mass is 357 g/mol. The van der Waals surface area contributed by atoms with E-state index in [0.717, 1.165) is 5.69 Å². The summed E-state index contributed by atoms with van der Waals surface area (Å²) in [5.41, 5.74) is 0.911. The van der Waals surface area contributed by atoms with Crippen LogP contribution in [0, 0.1) is 21.3 Å². The first-order chi connectivity index (χ1) is 8.63. The van der Waals surface area contributed by atoms with E-state index >= 15 is 0 Å². The van der Waals surface area contributed by atoms with Crippen molar-refractivity contribution >= 4 is 34.2 Å². The first-order valence-corrected chi connectivity index (χ1v) is 7.77. The lowest BCUT2D eigenvalue weighted by Gasteiger charge is -2.05. The van der Waals surface area contributed by atoms with Crippen molar-refractivity contribution in [3.8, 4) is 0 Å². The van der Waals surface area contributed by atoms with Gasteiger partial charge < -0.3 is 5.32 Å². The number of carbonyl (C=O) groups excluding carboxylic acids is 1. The topological polar surface area (TPSA) is 29.1 Å². The summed E-state index contributed by atoms with van der Waals surface area (Å²) in [5, 5.41) is 3.03. The molecule has 1 N–H and O–H groups in total. The molecule has 18 heavy (non-hydrogen) atoms. The van der Waals surface area contributed by atoms with Gasteiger partial charge >= 0.3 is 0 Å². The van der Waals surface area contributed by atoms with Gasteiger partial charge in [-0.05, 0) is 65.1 Å². The molecule has 1 aliphatic rings. The number of hydrogen-bond donors (Lipinski definition) is 1. The van der Waals surface area contributed by atoms with Gasteiger partial charge in [0.1, 0.15) is 0 Å². The summed E-state index contributed by atoms with van der Waals surface area (Å²) in [6.07, 6.45) is 3.65. The number of anilines is 1. The highest BCUT2D eigenvalue weighted by molar-refractivity contribution is 14.1. The molecule has 0 heterocycles. The van der Waals surface area contributed by atoms with Crippen molar-refractivity contribution in [1.82, 2.24) is 0 Å². The van der Waals surface area contributed by atoms with Crippen LogP contribution >= 0.6 is 22.6 Å². The molecule has 3 unspecified atom stereocenters. The number of amides is 1. The lowest BCUT2D eigenvalue weighted by atomic mass is 10.1. The van der Waals surface area contributed by atoms with E-state index in [9.17, 15) is 4.79 Å². The smallest absolute Gasteiger partial charge is 0.228 e. The number of benzene rings is 1. The van der Waals surface area contributed by atoms with Crippen molar-refractivity contribution in [3.63, 3.8) is 0 Å². The lowest BCUT2D eigenvalue weighted by molar-refractivity contribution is -0.117. The fraction of sp³-hybridized carbons (Fsp3) is 0.533. The van der Waals surface area contributed by atoms with Gasteiger partial charge in [-0.3, -0.25) is 4.79 Å². The summed E-state index contributed by atoms with van der Waals surface area (Å²) in [6, 6.07) is 7.96. The van der Waals surface area contributed by atoms with Crippen LogP contribution in [0.25, 0.3) is 0 Å². The highest BCUT2D eigenvalue weighted by Crippen LogP contribution is 2.49. The van der Waals surface area contributed by atoms with Gasteiger partial charge in [0.2, 0.25) is 5.91 Å². The van der Waals surface area contributed by atoms with Crippen molar-refractivity contribution in [2.24, 2.45) is 17.8 Å². The van der Waals surface area contributed by atoms with Gasteiger partial charge in [-0.2, -0.15) is 0 Å². The molecule has 0 saturated heterocycles. The van der Waals surface area contributed by atoms with E-state index in [1.807, 2.05) is 24.3 Å². The summed E-state index contributed by atoms with van der Waals surface area (Å²) in [5.74, 6) is 1.59. The zero-order valence-corrected chi connectivity index (χ0v) is 13.1. The van der Waals surface area contributed by atoms with E-state index in [1.54, 1.807) is 0 Å². The Kier molecular flexibility index (Phi) is 4.65. The summed E-state index contributed by atoms with van der Waals surface area (Å²) in [7, 11) is 0. The minimum absolute atomic E-state index is 0.199. The van der Waals surface area contributed by atoms with Gasteiger partial charge in [0.05, 0.1) is 0 Å². The van der Waals surface area contributed by atoms with E-state index < -0.39 is 0 Å². The zero-order chi connectivity index (χ0) is 13.1. The van der Waals surface area contributed by atoms with Crippen molar-refractivity contribution in [1.29, 1.82) is 0 Å². The largest absolute Gasteiger partial charge is 0.326 e. The Morgan fingerprint density at radius 2 is 2.00 bits per heavy atom. The molecular formula is C15H20INO. The van der Waals surface area contributed by atoms with E-state index in [-0.39, 0.29) is 11.8 Å². The Bertz CT molecular complexity index is 415. The van der Waals surface area contributed by atoms with Crippen LogP contribution in [0.3, 0.4) is 0 Å². The number of rotatable bonds is 5. The van der Waals surface area contributed by atoms with Crippen molar-refractivity contribution < 1.29 is 4.79 Å². The average Bonchev–Trinajstić information content (AvgIpc) is 3.00. The van der Waals surface area contributed by atoms with Gasteiger partial charge in [-0.1, -0.05) is 26.7 Å². The van der Waals surface area contributed by atoms with E-state index in [1.165, 1.54) is 22.8 Å². The molecule has 0 aromatic heterocycles. The Hall–Kier alpha value is -0.580. The van der Waals surface area contributed by atoms with E-state index in [4.69, 9.17) is 0 Å². The Labute approximate surface area is 123 Å². The number of unbranched alkanes of at least 4 members (excludes halogenated alkanes) is 1. The van der Waals surface area contributed by atoms with Gasteiger partial charge in [-0.25, -0.2) is 0 Å². The molecule has 0 radical (unpaired) electrons. The molecule has 0 spiro atoms. The molecule has 1 aliphatic carbocycles. The van der Waals surface area contributed by atoms with E-state index in [0.29, 0.717) is 11.8 Å². The van der Waals surface area contributed by atoms with Crippen molar-refractivity contribution in [3.05, 3.63) is 27.8 Å². The average molecular weight is 357 g/mol. The van der Waals surface area contributed by atoms with Gasteiger partial charge in [0.25, 0.3) is 0 Å². The summed E-state index contributed by atoms with van der Waals surface area (Å²) in [4.78, 5) is 12.1. The van der Waals surface area contributed by atoms with Crippen LogP contribution < -0.4 is 5.32 Å². The first-order valence-electron chi connectivity index (χ1n) is 6.70. The lowest BCUT2D eigenvalue weighted by Crippen LogP contribution is -2.15. The fourth-order valence-electron chi connectivity index (χ4n) is 2.62. The maximum atomic E-state index is 12.1. The summed E-state index contributed by atoms with van der Waals surface area (Å²) >= 11 is 2.26. The normalized spacial score (nSPS) is 25.8. The molecule has 3 heteroatoms. The molecule has 1 saturated carbocycles. The number of halogens is 1. The first kappa shape index (κ1) is 13.8. The number of nitrogens with one attached hydrogen (secondary N) is 1. The SMILES string of the molecule is CCCCC1C(C)C1C(=O)Nc1ccc(I)cc1. The van der Waals surface area contributed by atoms with E-state index in [2.05, 4.69) is 41.8 Å². The van der Waals surface area contributed by atoms with Gasteiger partial charge in [0.15, 0.2) is 0 Å². The van der Waals surface area contributed by atoms with Crippen LogP contribution in [0.2, 0.25) is 0 Å². The second-order valence-electron chi connectivity index (χ2n) is 5.19. The standard InChI is InChI=1S/C15H20INO/c1-3-4-5-13-10(2)14(13)15(18)17-12-8-6-11(16)7-9-12/h6-10,13-14H,3-5H2,1-2H3,(H,17,18). The fourth-order valence-corrected chi connectivity index (χ4v) is 2.98. The summed E-state index contributed by atoms with van der Waals surface area (Å²) in [6.45, 7) is 4.40. The molecule has 2 nitrogen and oxygen atoms in total. The molecule has 1 fully saturated rings. The maximum Gasteiger partial charge on any atom is 0.228 e. The summed E-state index contributed by atoms with van der Waals surface area (Å²) < 4.78 is 1.19. The van der Waals surface area contributed by atoms with Gasteiger partial charge in [0, 0.05) is 15.2 Å². The molecule has 1 aromatic carbocycles. The third kappa shape index (κ3) is 3.25. The predicted octanol–water partition coefficient (Wildman–Crippen LogP) is 4.30. The molecule has 1 amide bonds. The van der Waals surface area contributed by atoms with Crippen LogP contribution in [0.1, 0.15) is 33.1 Å². The van der Waals surface area contributed by atoms with Crippen molar-refractivity contribution in [2.45, 2.75) is 33.1 Å². The van der Waals surface area contributed by atoms with Crippen molar-refractivity contribution in [2.75, 3.05) is 5.32 Å². The van der Waals surface area contributed by atoms with Crippen LogP contribution in [0.5, 0.6) is 0 Å². The highest BCUT2D eigenvalue weighted by atomic mass is 127. The van der Waals surface area contributed by atoms with Crippen LogP contribution in [-0.2, 0) is 4.79 Å². The highest BCUT2D eigenvalue weighted by Gasteiger charge is 2.50. The minimum Gasteiger partial charge on any atom is -0.326 e. The quantitative estimate of drug-likeness (QED) is 0.782.